The number of hydrazine groups is 1. The molecule has 2 atom stereocenters. The average Bonchev–Trinajstić information content (AvgIpc) is 3.01. The predicted molar refractivity (Wildman–Crippen MR) is 107 cm³/mol. The van der Waals surface area contributed by atoms with Crippen molar-refractivity contribution in [3.63, 3.8) is 0 Å². The number of carbonyl (C=O) groups excluding carboxylic acids is 3. The number of amides is 3. The number of carbonyl (C=O) groups is 3. The molecular weight excluding hydrogens is 398 g/mol. The number of ether oxygens (including phenoxy) is 1. The summed E-state index contributed by atoms with van der Waals surface area (Å²) >= 11 is 0. The Kier molecular flexibility index (Phi) is 7.60. The molecule has 1 aliphatic rings. The molecule has 29 heavy (non-hydrogen) atoms. The largest absolute Gasteiger partial charge is 0.497 e. The summed E-state index contributed by atoms with van der Waals surface area (Å²) in [6, 6.07) is 5.59. The zero-order valence-corrected chi connectivity index (χ0v) is 17.5. The minimum Gasteiger partial charge on any atom is -0.497 e. The molecule has 0 unspecified atom stereocenters. The van der Waals surface area contributed by atoms with Gasteiger partial charge in [0.2, 0.25) is 5.91 Å². The number of hydrogen-bond acceptors (Lipinski definition) is 6. The van der Waals surface area contributed by atoms with Crippen LogP contribution in [-0.2, 0) is 19.4 Å². The van der Waals surface area contributed by atoms with Crippen LogP contribution in [0.4, 0.5) is 0 Å². The summed E-state index contributed by atoms with van der Waals surface area (Å²) in [5.41, 5.74) is 4.98. The fourth-order valence-corrected chi connectivity index (χ4v) is 4.92. The number of rotatable bonds is 7. The third-order valence-electron chi connectivity index (χ3n) is 4.71. The highest BCUT2D eigenvalue weighted by Gasteiger charge is 2.30. The van der Waals surface area contributed by atoms with Crippen molar-refractivity contribution in [1.82, 2.24) is 16.2 Å². The lowest BCUT2D eigenvalue weighted by Crippen LogP contribution is -2.54. The van der Waals surface area contributed by atoms with Gasteiger partial charge >= 0.3 is 0 Å². The van der Waals surface area contributed by atoms with Crippen LogP contribution < -0.4 is 20.9 Å². The van der Waals surface area contributed by atoms with E-state index in [0.29, 0.717) is 17.7 Å². The Morgan fingerprint density at radius 1 is 1.14 bits per heavy atom. The van der Waals surface area contributed by atoms with Gasteiger partial charge in [0.05, 0.1) is 18.6 Å². The maximum absolute atomic E-state index is 12.4. The van der Waals surface area contributed by atoms with Crippen LogP contribution in [-0.4, -0.2) is 50.8 Å². The minimum absolute atomic E-state index is 0.0130. The normalized spacial score (nSPS) is 18.7. The maximum Gasteiger partial charge on any atom is 0.261 e. The monoisotopic (exact) mass is 425 g/mol. The first kappa shape index (κ1) is 22.7. The van der Waals surface area contributed by atoms with Gasteiger partial charge < -0.3 is 10.1 Å². The Balaban J connectivity index is 1.88. The first-order chi connectivity index (χ1) is 13.6. The van der Waals surface area contributed by atoms with E-state index in [1.165, 1.54) is 7.11 Å². The first-order valence-corrected chi connectivity index (χ1v) is 11.2. The molecule has 10 heteroatoms. The zero-order chi connectivity index (χ0) is 21.6. The summed E-state index contributed by atoms with van der Waals surface area (Å²) in [5.74, 6) is -1.24. The van der Waals surface area contributed by atoms with Gasteiger partial charge in [-0.2, -0.15) is 0 Å². The Labute approximate surface area is 170 Å². The molecular formula is C19H27N3O6S. The molecule has 1 saturated heterocycles. The van der Waals surface area contributed by atoms with Gasteiger partial charge in [0.25, 0.3) is 11.8 Å². The van der Waals surface area contributed by atoms with Crippen LogP contribution in [0.3, 0.4) is 0 Å². The molecule has 3 N–H and O–H groups in total. The van der Waals surface area contributed by atoms with E-state index in [-0.39, 0.29) is 29.8 Å². The van der Waals surface area contributed by atoms with Gasteiger partial charge in [-0.3, -0.25) is 25.2 Å². The predicted octanol–water partition coefficient (Wildman–Crippen LogP) is 0.422. The van der Waals surface area contributed by atoms with Crippen LogP contribution in [0.15, 0.2) is 24.3 Å². The summed E-state index contributed by atoms with van der Waals surface area (Å²) in [6.07, 6.45) is 0.459. The van der Waals surface area contributed by atoms with E-state index >= 15 is 0 Å². The summed E-state index contributed by atoms with van der Waals surface area (Å²) in [6.45, 7) is 3.54. The lowest BCUT2D eigenvalue weighted by atomic mass is 10.0. The van der Waals surface area contributed by atoms with E-state index in [4.69, 9.17) is 4.74 Å². The highest BCUT2D eigenvalue weighted by molar-refractivity contribution is 7.91. The smallest absolute Gasteiger partial charge is 0.261 e. The van der Waals surface area contributed by atoms with Crippen LogP contribution in [0, 0.1) is 11.8 Å². The van der Waals surface area contributed by atoms with E-state index in [1.54, 1.807) is 38.1 Å². The van der Waals surface area contributed by atoms with Crippen LogP contribution in [0.25, 0.3) is 0 Å². The fraction of sp³-hybridized carbons (Fsp3) is 0.526. The molecule has 0 aliphatic carbocycles. The average molecular weight is 426 g/mol. The van der Waals surface area contributed by atoms with E-state index in [2.05, 4.69) is 16.2 Å². The van der Waals surface area contributed by atoms with E-state index in [1.807, 2.05) is 0 Å². The molecule has 0 bridgehead atoms. The van der Waals surface area contributed by atoms with E-state index in [9.17, 15) is 22.8 Å². The molecule has 1 heterocycles. The Morgan fingerprint density at radius 3 is 2.31 bits per heavy atom. The van der Waals surface area contributed by atoms with Gasteiger partial charge in [0.1, 0.15) is 11.8 Å². The number of sulfone groups is 1. The molecule has 9 nitrogen and oxygen atoms in total. The Morgan fingerprint density at radius 2 is 1.79 bits per heavy atom. The first-order valence-electron chi connectivity index (χ1n) is 9.35. The molecule has 1 fully saturated rings. The standard InChI is InChI=1S/C19H27N3O6S/c1-12(2)17(20-18(24)14-4-6-15(28-3)7-5-14)19(25)22-21-16(23)10-13-8-9-29(26,27)11-13/h4-7,12-13,17H,8-11H2,1-3H3,(H,20,24)(H,21,23)(H,22,25)/t13-,17-/m0/s1. The molecule has 2 rings (SSSR count). The number of hydrogen-bond donors (Lipinski definition) is 3. The van der Waals surface area contributed by atoms with Crippen molar-refractivity contribution in [1.29, 1.82) is 0 Å². The Bertz CT molecular complexity index is 851. The quantitative estimate of drug-likeness (QED) is 0.543. The van der Waals surface area contributed by atoms with Gasteiger partial charge in [-0.25, -0.2) is 8.42 Å². The minimum atomic E-state index is -3.06. The van der Waals surface area contributed by atoms with Crippen LogP contribution >= 0.6 is 0 Å². The van der Waals surface area contributed by atoms with Crippen LogP contribution in [0.5, 0.6) is 5.75 Å². The van der Waals surface area contributed by atoms with Crippen molar-refractivity contribution < 1.29 is 27.5 Å². The summed E-state index contributed by atoms with van der Waals surface area (Å²) in [7, 11) is -1.54. The van der Waals surface area contributed by atoms with Gasteiger partial charge in [0.15, 0.2) is 9.84 Å². The zero-order valence-electron chi connectivity index (χ0n) is 16.7. The van der Waals surface area contributed by atoms with Crippen LogP contribution in [0.2, 0.25) is 0 Å². The summed E-state index contributed by atoms with van der Waals surface area (Å²) in [5, 5.41) is 2.66. The lowest BCUT2D eigenvalue weighted by Gasteiger charge is -2.22. The lowest BCUT2D eigenvalue weighted by molar-refractivity contribution is -0.130. The number of benzene rings is 1. The van der Waals surface area contributed by atoms with Crippen molar-refractivity contribution in [2.45, 2.75) is 32.7 Å². The second kappa shape index (κ2) is 9.73. The molecule has 160 valence electrons. The Hall–Kier alpha value is -2.62. The second-order valence-corrected chi connectivity index (χ2v) is 9.66. The van der Waals surface area contributed by atoms with Crippen LogP contribution in [0.1, 0.15) is 37.0 Å². The van der Waals surface area contributed by atoms with Gasteiger partial charge in [-0.1, -0.05) is 13.8 Å². The molecule has 1 aromatic rings. The van der Waals surface area contributed by atoms with Crippen molar-refractivity contribution in [3.8, 4) is 5.75 Å². The maximum atomic E-state index is 12.4. The number of methoxy groups -OCH3 is 1. The van der Waals surface area contributed by atoms with Crippen molar-refractivity contribution in [2.75, 3.05) is 18.6 Å². The molecule has 0 aromatic heterocycles. The molecule has 0 saturated carbocycles. The van der Waals surface area contributed by atoms with Gasteiger partial charge in [-0.15, -0.1) is 0 Å². The molecule has 0 spiro atoms. The molecule has 1 aromatic carbocycles. The summed E-state index contributed by atoms with van der Waals surface area (Å²) < 4.78 is 28.0. The highest BCUT2D eigenvalue weighted by Crippen LogP contribution is 2.21. The molecule has 0 radical (unpaired) electrons. The highest BCUT2D eigenvalue weighted by atomic mass is 32.2. The van der Waals surface area contributed by atoms with E-state index < -0.39 is 33.6 Å². The third-order valence-corrected chi connectivity index (χ3v) is 6.55. The SMILES string of the molecule is COc1ccc(C(=O)N[C@H](C(=O)NNC(=O)C[C@@H]2CCS(=O)(=O)C2)C(C)C)cc1. The van der Waals surface area contributed by atoms with Crippen molar-refractivity contribution >= 4 is 27.6 Å². The number of nitrogens with one attached hydrogen (secondary N) is 3. The molecule has 1 aliphatic heterocycles. The van der Waals surface area contributed by atoms with Gasteiger partial charge in [-0.05, 0) is 42.5 Å². The third kappa shape index (κ3) is 6.74. The second-order valence-electron chi connectivity index (χ2n) is 7.43. The van der Waals surface area contributed by atoms with Crippen molar-refractivity contribution in [2.24, 2.45) is 11.8 Å². The van der Waals surface area contributed by atoms with Gasteiger partial charge in [0, 0.05) is 12.0 Å². The van der Waals surface area contributed by atoms with Crippen molar-refractivity contribution in [3.05, 3.63) is 29.8 Å². The topological polar surface area (TPSA) is 131 Å². The fourth-order valence-electron chi connectivity index (χ4n) is 3.06. The summed E-state index contributed by atoms with van der Waals surface area (Å²) in [4.78, 5) is 36.8. The van der Waals surface area contributed by atoms with E-state index in [0.717, 1.165) is 0 Å². The molecule has 3 amide bonds.